The highest BCUT2D eigenvalue weighted by Gasteiger charge is 2.71. The van der Waals surface area contributed by atoms with Gasteiger partial charge < -0.3 is 5.11 Å². The normalized spacial score (nSPS) is 13.3. The van der Waals surface area contributed by atoms with Crippen molar-refractivity contribution < 1.29 is 31.4 Å². The van der Waals surface area contributed by atoms with Gasteiger partial charge in [0, 0.05) is 12.1 Å². The highest BCUT2D eigenvalue weighted by atomic mass is 19.4. The molecule has 0 heterocycles. The Bertz CT molecular complexity index is 437. The van der Waals surface area contributed by atoms with Crippen LogP contribution < -0.4 is 5.32 Å². The summed E-state index contributed by atoms with van der Waals surface area (Å²) in [5, 5.41) is 13.2. The summed E-state index contributed by atoms with van der Waals surface area (Å²) in [6, 6.07) is 3.22. The summed E-state index contributed by atoms with van der Waals surface area (Å²) >= 11 is 0. The molecule has 0 saturated carbocycles. The molecule has 0 saturated heterocycles. The van der Waals surface area contributed by atoms with Gasteiger partial charge in [0.05, 0.1) is 5.69 Å². The van der Waals surface area contributed by atoms with Gasteiger partial charge in [0.1, 0.15) is 0 Å². The van der Waals surface area contributed by atoms with Crippen molar-refractivity contribution in [2.24, 2.45) is 0 Å². The van der Waals surface area contributed by atoms with Gasteiger partial charge in [-0.05, 0) is 18.6 Å². The van der Waals surface area contributed by atoms with Crippen LogP contribution in [0, 0.1) is 0 Å². The first-order valence-electron chi connectivity index (χ1n) is 6.18. The lowest BCUT2D eigenvalue weighted by Gasteiger charge is -2.32. The highest BCUT2D eigenvalue weighted by molar-refractivity contribution is 5.40. The first-order chi connectivity index (χ1) is 9.54. The number of nitrogens with zero attached hydrogens (tertiary/aromatic N) is 1. The van der Waals surface area contributed by atoms with E-state index in [0.717, 1.165) is 25.0 Å². The van der Waals surface area contributed by atoms with Crippen LogP contribution in [0.25, 0.3) is 0 Å². The molecule has 0 bridgehead atoms. The van der Waals surface area contributed by atoms with Crippen LogP contribution in [0.5, 0.6) is 0 Å². The second kappa shape index (κ2) is 6.13. The maximum Gasteiger partial charge on any atom is 0.430 e. The van der Waals surface area contributed by atoms with Gasteiger partial charge in [-0.15, -0.1) is 0 Å². The summed E-state index contributed by atoms with van der Waals surface area (Å²) in [4.78, 5) is 0. The van der Waals surface area contributed by atoms with E-state index in [4.69, 9.17) is 0 Å². The van der Waals surface area contributed by atoms with Crippen LogP contribution in [0.4, 0.5) is 32.0 Å². The number of benzene rings is 1. The minimum absolute atomic E-state index is 0.263. The highest BCUT2D eigenvalue weighted by Crippen LogP contribution is 2.50. The molecule has 0 amide bonds. The number of unbranched alkanes of at least 4 members (excludes halogenated alkanes) is 1. The van der Waals surface area contributed by atoms with E-state index < -0.39 is 23.5 Å². The summed E-state index contributed by atoms with van der Waals surface area (Å²) in [5.41, 5.74) is -5.90. The van der Waals surface area contributed by atoms with Crippen LogP contribution in [0.1, 0.15) is 25.3 Å². The maximum absolute atomic E-state index is 12.6. The Balaban J connectivity index is 3.07. The van der Waals surface area contributed by atoms with E-state index in [2.05, 4.69) is 5.32 Å². The average molecular weight is 314 g/mol. The predicted molar refractivity (Wildman–Crippen MR) is 64.0 cm³/mol. The molecule has 1 aromatic rings. The molecular formula is C13H14F6NO. The second-order valence-corrected chi connectivity index (χ2v) is 4.49. The smallest absolute Gasteiger partial charge is 0.369 e. The Hall–Kier alpha value is -1.44. The molecule has 1 aromatic carbocycles. The Kier molecular flexibility index (Phi) is 5.14. The van der Waals surface area contributed by atoms with Crippen LogP contribution in [-0.4, -0.2) is 24.0 Å². The van der Waals surface area contributed by atoms with Crippen molar-refractivity contribution in [3.05, 3.63) is 29.8 Å². The Morgan fingerprint density at radius 1 is 0.952 bits per heavy atom. The number of hydrogen-bond acceptors (Lipinski definition) is 1. The third-order valence-corrected chi connectivity index (χ3v) is 2.91. The van der Waals surface area contributed by atoms with Crippen LogP contribution >= 0.6 is 0 Å². The monoisotopic (exact) mass is 314 g/mol. The molecule has 1 rings (SSSR count). The fraction of sp³-hybridized carbons (Fsp3) is 0.538. The number of halogens is 6. The van der Waals surface area contributed by atoms with Gasteiger partial charge in [-0.2, -0.15) is 26.3 Å². The number of aliphatic hydroxyl groups is 1. The maximum atomic E-state index is 12.6. The lowest BCUT2D eigenvalue weighted by molar-refractivity contribution is -0.376. The Morgan fingerprint density at radius 3 is 1.81 bits per heavy atom. The molecule has 0 aliphatic rings. The first-order valence-corrected chi connectivity index (χ1v) is 6.18. The minimum Gasteiger partial charge on any atom is -0.369 e. The summed E-state index contributed by atoms with van der Waals surface area (Å²) < 4.78 is 75.8. The molecule has 119 valence electrons. The minimum atomic E-state index is -5.87. The zero-order valence-corrected chi connectivity index (χ0v) is 11.1. The van der Waals surface area contributed by atoms with Gasteiger partial charge in [0.15, 0.2) is 0 Å². The topological polar surface area (TPSA) is 34.3 Å². The molecule has 0 atom stereocenters. The number of alkyl halides is 6. The SMILES string of the molecule is CCCC[N]c1ccc(C(O)(C(F)(F)F)C(F)(F)F)cc1. The number of hydrogen-bond donors (Lipinski definition) is 1. The predicted octanol–water partition coefficient (Wildman–Crippen LogP) is 4.03. The van der Waals surface area contributed by atoms with Crippen molar-refractivity contribution in [3.8, 4) is 0 Å². The molecule has 0 unspecified atom stereocenters. The van der Waals surface area contributed by atoms with E-state index in [0.29, 0.717) is 18.7 Å². The number of rotatable bonds is 5. The van der Waals surface area contributed by atoms with Gasteiger partial charge in [-0.25, -0.2) is 0 Å². The molecule has 8 heteroatoms. The van der Waals surface area contributed by atoms with Crippen molar-refractivity contribution in [1.82, 2.24) is 5.32 Å². The first kappa shape index (κ1) is 17.6. The van der Waals surface area contributed by atoms with Gasteiger partial charge in [0.25, 0.3) is 5.60 Å². The summed E-state index contributed by atoms with van der Waals surface area (Å²) in [5.74, 6) is 0. The molecular weight excluding hydrogens is 300 g/mol. The fourth-order valence-corrected chi connectivity index (χ4v) is 1.66. The third kappa shape index (κ3) is 3.61. The largest absolute Gasteiger partial charge is 0.430 e. The molecule has 0 fully saturated rings. The van der Waals surface area contributed by atoms with Crippen LogP contribution in [0.15, 0.2) is 24.3 Å². The van der Waals surface area contributed by atoms with Gasteiger partial charge in [0.2, 0.25) is 0 Å². The quantitative estimate of drug-likeness (QED) is 0.646. The standard InChI is InChI=1S/C13H14F6NO/c1-2-3-8-20-10-6-4-9(5-7-10)11(21,12(14,15)16)13(17,18)19/h4-7,21H,2-3,8H2,1H3. The Morgan fingerprint density at radius 2 is 1.43 bits per heavy atom. The lowest BCUT2D eigenvalue weighted by atomic mass is 9.92. The molecule has 0 aromatic heterocycles. The summed E-state index contributed by atoms with van der Waals surface area (Å²) in [6.07, 6.45) is -10.1. The van der Waals surface area contributed by atoms with E-state index in [1.165, 1.54) is 0 Å². The molecule has 0 spiro atoms. The van der Waals surface area contributed by atoms with Crippen molar-refractivity contribution in [2.75, 3.05) is 6.54 Å². The molecule has 21 heavy (non-hydrogen) atoms. The van der Waals surface area contributed by atoms with Crippen LogP contribution in [0.2, 0.25) is 0 Å². The van der Waals surface area contributed by atoms with E-state index >= 15 is 0 Å². The van der Waals surface area contributed by atoms with Gasteiger partial charge in [-0.3, -0.25) is 5.32 Å². The molecule has 2 nitrogen and oxygen atoms in total. The van der Waals surface area contributed by atoms with Crippen molar-refractivity contribution in [3.63, 3.8) is 0 Å². The Labute approximate surface area is 117 Å². The van der Waals surface area contributed by atoms with Gasteiger partial charge >= 0.3 is 12.4 Å². The average Bonchev–Trinajstić information content (AvgIpc) is 2.36. The van der Waals surface area contributed by atoms with E-state index in [1.807, 2.05) is 6.92 Å². The molecule has 1 N–H and O–H groups in total. The summed E-state index contributed by atoms with van der Waals surface area (Å²) in [7, 11) is 0. The summed E-state index contributed by atoms with van der Waals surface area (Å²) in [6.45, 7) is 2.35. The molecule has 1 radical (unpaired) electrons. The van der Waals surface area contributed by atoms with Crippen molar-refractivity contribution in [2.45, 2.75) is 37.7 Å². The molecule has 0 aliphatic heterocycles. The van der Waals surface area contributed by atoms with Crippen molar-refractivity contribution >= 4 is 5.69 Å². The van der Waals surface area contributed by atoms with Crippen LogP contribution in [0.3, 0.4) is 0 Å². The zero-order valence-electron chi connectivity index (χ0n) is 11.1. The van der Waals surface area contributed by atoms with E-state index in [1.54, 1.807) is 0 Å². The van der Waals surface area contributed by atoms with Gasteiger partial charge in [-0.1, -0.05) is 25.5 Å². The molecule has 0 aliphatic carbocycles. The van der Waals surface area contributed by atoms with Crippen molar-refractivity contribution in [1.29, 1.82) is 0 Å². The fourth-order valence-electron chi connectivity index (χ4n) is 1.66. The third-order valence-electron chi connectivity index (χ3n) is 2.91. The van der Waals surface area contributed by atoms with Crippen LogP contribution in [-0.2, 0) is 5.60 Å². The van der Waals surface area contributed by atoms with E-state index in [-0.39, 0.29) is 5.69 Å². The van der Waals surface area contributed by atoms with E-state index in [9.17, 15) is 31.4 Å². The lowest BCUT2D eigenvalue weighted by Crippen LogP contribution is -2.53. The second-order valence-electron chi connectivity index (χ2n) is 4.49. The zero-order chi connectivity index (χ0) is 16.3.